The van der Waals surface area contributed by atoms with Gasteiger partial charge in [-0.1, -0.05) is 36.2 Å². The lowest BCUT2D eigenvalue weighted by Gasteiger charge is -2.12. The maximum atomic E-state index is 11.8. The number of rotatable bonds is 7. The number of hydrogen-bond acceptors (Lipinski definition) is 2. The fraction of sp³-hybridized carbons (Fsp3) is 0.429. The zero-order valence-electron chi connectivity index (χ0n) is 11.2. The molecule has 0 aromatic heterocycles. The van der Waals surface area contributed by atoms with Crippen molar-refractivity contribution in [3.8, 4) is 0 Å². The smallest absolute Gasteiger partial charge is 0.303 e. The molecule has 2 N–H and O–H groups in total. The first-order chi connectivity index (χ1) is 9.40. The summed E-state index contributed by atoms with van der Waals surface area (Å²) in [4.78, 5) is 22.3. The standard InChI is InChI=1S/C14H17Cl2NO3/c1-9(5-6-14(19)20)8-17-13(18)7-10-11(15)3-2-4-12(10)16/h2-4,9H,5-8H2,1H3,(H,17,18)(H,19,20). The average molecular weight is 318 g/mol. The Balaban J connectivity index is 2.42. The molecule has 0 bridgehead atoms. The molecule has 0 fully saturated rings. The number of hydrogen-bond donors (Lipinski definition) is 2. The number of amides is 1. The molecule has 0 aliphatic rings. The monoisotopic (exact) mass is 317 g/mol. The normalized spacial score (nSPS) is 11.9. The van der Waals surface area contributed by atoms with Crippen LogP contribution in [-0.4, -0.2) is 23.5 Å². The van der Waals surface area contributed by atoms with Crippen molar-refractivity contribution in [2.24, 2.45) is 5.92 Å². The predicted octanol–water partition coefficient (Wildman–Crippen LogP) is 3.15. The van der Waals surface area contributed by atoms with Crippen LogP contribution < -0.4 is 5.32 Å². The summed E-state index contributed by atoms with van der Waals surface area (Å²) in [6.07, 6.45) is 0.750. The first-order valence-electron chi connectivity index (χ1n) is 6.31. The van der Waals surface area contributed by atoms with Gasteiger partial charge >= 0.3 is 5.97 Å². The van der Waals surface area contributed by atoms with E-state index in [1.54, 1.807) is 18.2 Å². The lowest BCUT2D eigenvalue weighted by molar-refractivity contribution is -0.137. The maximum absolute atomic E-state index is 11.8. The summed E-state index contributed by atoms with van der Waals surface area (Å²) in [6.45, 7) is 2.33. The fourth-order valence-corrected chi connectivity index (χ4v) is 2.22. The van der Waals surface area contributed by atoms with Gasteiger partial charge in [-0.05, 0) is 30.0 Å². The molecule has 0 saturated carbocycles. The van der Waals surface area contributed by atoms with Crippen LogP contribution in [0.25, 0.3) is 0 Å². The maximum Gasteiger partial charge on any atom is 0.303 e. The van der Waals surface area contributed by atoms with Gasteiger partial charge in [0.15, 0.2) is 0 Å². The van der Waals surface area contributed by atoms with Gasteiger partial charge in [0.05, 0.1) is 6.42 Å². The highest BCUT2D eigenvalue weighted by Gasteiger charge is 2.12. The Hall–Kier alpha value is -1.26. The summed E-state index contributed by atoms with van der Waals surface area (Å²) in [7, 11) is 0. The molecule has 1 aromatic carbocycles. The quantitative estimate of drug-likeness (QED) is 0.811. The molecule has 1 rings (SSSR count). The van der Waals surface area contributed by atoms with E-state index in [4.69, 9.17) is 28.3 Å². The highest BCUT2D eigenvalue weighted by atomic mass is 35.5. The number of carbonyl (C=O) groups is 2. The zero-order chi connectivity index (χ0) is 15.1. The molecule has 0 saturated heterocycles. The third kappa shape index (κ3) is 5.80. The first kappa shape index (κ1) is 16.8. The van der Waals surface area contributed by atoms with Crippen molar-refractivity contribution in [3.63, 3.8) is 0 Å². The first-order valence-corrected chi connectivity index (χ1v) is 7.07. The number of carboxylic acids is 1. The van der Waals surface area contributed by atoms with Crippen LogP contribution in [0.1, 0.15) is 25.3 Å². The van der Waals surface area contributed by atoms with Crippen LogP contribution in [0, 0.1) is 5.92 Å². The molecule has 0 aliphatic carbocycles. The Morgan fingerprint density at radius 3 is 2.45 bits per heavy atom. The fourth-order valence-electron chi connectivity index (χ4n) is 1.68. The van der Waals surface area contributed by atoms with Crippen LogP contribution in [-0.2, 0) is 16.0 Å². The molecule has 0 spiro atoms. The van der Waals surface area contributed by atoms with Crippen molar-refractivity contribution < 1.29 is 14.7 Å². The highest BCUT2D eigenvalue weighted by Crippen LogP contribution is 2.24. The zero-order valence-corrected chi connectivity index (χ0v) is 12.7. The minimum atomic E-state index is -0.828. The third-order valence-electron chi connectivity index (χ3n) is 2.90. The van der Waals surface area contributed by atoms with E-state index in [-0.39, 0.29) is 24.7 Å². The number of nitrogens with one attached hydrogen (secondary N) is 1. The Labute approximate surface area is 128 Å². The van der Waals surface area contributed by atoms with Crippen LogP contribution in [0.3, 0.4) is 0 Å². The molecule has 0 radical (unpaired) electrons. The SMILES string of the molecule is CC(CCC(=O)O)CNC(=O)Cc1c(Cl)cccc1Cl. The second kappa shape index (κ2) is 8.12. The van der Waals surface area contributed by atoms with E-state index >= 15 is 0 Å². The van der Waals surface area contributed by atoms with E-state index in [0.717, 1.165) is 0 Å². The molecule has 1 atom stereocenters. The average Bonchev–Trinajstić information content (AvgIpc) is 2.38. The van der Waals surface area contributed by atoms with E-state index in [0.29, 0.717) is 28.6 Å². The van der Waals surface area contributed by atoms with Crippen LogP contribution in [0.15, 0.2) is 18.2 Å². The summed E-state index contributed by atoms with van der Waals surface area (Å²) >= 11 is 12.0. The van der Waals surface area contributed by atoms with Gasteiger partial charge in [0.25, 0.3) is 0 Å². The second-order valence-electron chi connectivity index (χ2n) is 4.72. The minimum Gasteiger partial charge on any atom is -0.481 e. The summed E-state index contributed by atoms with van der Waals surface area (Å²) in [5.74, 6) is -0.898. The lowest BCUT2D eigenvalue weighted by Crippen LogP contribution is -2.30. The van der Waals surface area contributed by atoms with Crippen molar-refractivity contribution >= 4 is 35.1 Å². The minimum absolute atomic E-state index is 0.105. The van der Waals surface area contributed by atoms with Crippen molar-refractivity contribution in [3.05, 3.63) is 33.8 Å². The molecule has 6 heteroatoms. The molecule has 110 valence electrons. The Morgan fingerprint density at radius 2 is 1.90 bits per heavy atom. The largest absolute Gasteiger partial charge is 0.481 e. The van der Waals surface area contributed by atoms with Gasteiger partial charge in [-0.15, -0.1) is 0 Å². The number of aliphatic carboxylic acids is 1. The summed E-state index contributed by atoms with van der Waals surface area (Å²) in [5.41, 5.74) is 0.603. The Kier molecular flexibility index (Phi) is 6.82. The Bertz CT molecular complexity index is 471. The van der Waals surface area contributed by atoms with Crippen LogP contribution in [0.4, 0.5) is 0 Å². The highest BCUT2D eigenvalue weighted by molar-refractivity contribution is 6.36. The van der Waals surface area contributed by atoms with Crippen LogP contribution >= 0.6 is 23.2 Å². The van der Waals surface area contributed by atoms with Gasteiger partial charge < -0.3 is 10.4 Å². The molecular formula is C14H17Cl2NO3. The molecule has 1 amide bonds. The molecule has 1 unspecified atom stereocenters. The van der Waals surface area contributed by atoms with Crippen molar-refractivity contribution in [1.29, 1.82) is 0 Å². The van der Waals surface area contributed by atoms with Crippen molar-refractivity contribution in [2.45, 2.75) is 26.2 Å². The predicted molar refractivity (Wildman–Crippen MR) is 79.2 cm³/mol. The molecule has 0 heterocycles. The number of carboxylic acid groups (broad SMARTS) is 1. The second-order valence-corrected chi connectivity index (χ2v) is 5.53. The summed E-state index contributed by atoms with van der Waals surface area (Å²) in [6, 6.07) is 5.09. The lowest BCUT2D eigenvalue weighted by atomic mass is 10.1. The van der Waals surface area contributed by atoms with Gasteiger partial charge in [0.2, 0.25) is 5.91 Å². The number of benzene rings is 1. The number of carbonyl (C=O) groups excluding carboxylic acids is 1. The third-order valence-corrected chi connectivity index (χ3v) is 3.61. The Morgan fingerprint density at radius 1 is 1.30 bits per heavy atom. The molecule has 0 aliphatic heterocycles. The van der Waals surface area contributed by atoms with Crippen molar-refractivity contribution in [1.82, 2.24) is 5.32 Å². The van der Waals surface area contributed by atoms with E-state index in [1.807, 2.05) is 6.92 Å². The molecule has 20 heavy (non-hydrogen) atoms. The summed E-state index contributed by atoms with van der Waals surface area (Å²) in [5, 5.41) is 12.3. The van der Waals surface area contributed by atoms with E-state index < -0.39 is 5.97 Å². The van der Waals surface area contributed by atoms with Gasteiger partial charge in [-0.3, -0.25) is 9.59 Å². The number of halogens is 2. The van der Waals surface area contributed by atoms with Gasteiger partial charge in [-0.25, -0.2) is 0 Å². The van der Waals surface area contributed by atoms with Gasteiger partial charge in [0.1, 0.15) is 0 Å². The van der Waals surface area contributed by atoms with Crippen LogP contribution in [0.5, 0.6) is 0 Å². The van der Waals surface area contributed by atoms with E-state index in [1.165, 1.54) is 0 Å². The van der Waals surface area contributed by atoms with Crippen LogP contribution in [0.2, 0.25) is 10.0 Å². The van der Waals surface area contributed by atoms with E-state index in [9.17, 15) is 9.59 Å². The van der Waals surface area contributed by atoms with Gasteiger partial charge in [0, 0.05) is 23.0 Å². The summed E-state index contributed by atoms with van der Waals surface area (Å²) < 4.78 is 0. The molecular weight excluding hydrogens is 301 g/mol. The van der Waals surface area contributed by atoms with Crippen molar-refractivity contribution in [2.75, 3.05) is 6.54 Å². The van der Waals surface area contributed by atoms with Gasteiger partial charge in [-0.2, -0.15) is 0 Å². The topological polar surface area (TPSA) is 66.4 Å². The molecule has 1 aromatic rings. The molecule has 4 nitrogen and oxygen atoms in total. The van der Waals surface area contributed by atoms with E-state index in [2.05, 4.69) is 5.32 Å².